The molecule has 0 bridgehead atoms. The lowest BCUT2D eigenvalue weighted by Gasteiger charge is -2.72. The van der Waals surface area contributed by atoms with Crippen LogP contribution in [0.3, 0.4) is 0 Å². The molecule has 0 aromatic heterocycles. The third-order valence-electron chi connectivity index (χ3n) is 16.0. The van der Waals surface area contributed by atoms with Crippen molar-refractivity contribution >= 4 is 40.8 Å². The van der Waals surface area contributed by atoms with E-state index in [9.17, 15) is 19.8 Å². The van der Waals surface area contributed by atoms with Crippen molar-refractivity contribution in [2.24, 2.45) is 56.7 Å². The quantitative estimate of drug-likeness (QED) is 0.143. The van der Waals surface area contributed by atoms with E-state index in [1.807, 2.05) is 12.1 Å². The van der Waals surface area contributed by atoms with Crippen LogP contribution in [-0.2, 0) is 9.53 Å². The van der Waals surface area contributed by atoms with Gasteiger partial charge in [-0.05, 0) is 141 Å². The highest BCUT2D eigenvalue weighted by Crippen LogP contribution is 2.77. The van der Waals surface area contributed by atoms with Gasteiger partial charge in [-0.15, -0.1) is 23.2 Å². The van der Waals surface area contributed by atoms with Gasteiger partial charge in [0.2, 0.25) is 0 Å². The lowest BCUT2D eigenvalue weighted by atomic mass is 9.32. The maximum absolute atomic E-state index is 13.4. The number of halogens is 2. The number of esters is 1. The second-order valence-electron chi connectivity index (χ2n) is 17.7. The van der Waals surface area contributed by atoms with Crippen LogP contribution in [0, 0.1) is 56.7 Å². The highest BCUT2D eigenvalue weighted by atomic mass is 35.5. The monoisotopic (exact) mass is 715 g/mol. The molecule has 5 aliphatic rings. The van der Waals surface area contributed by atoms with Gasteiger partial charge in [0, 0.05) is 36.0 Å². The van der Waals surface area contributed by atoms with Crippen molar-refractivity contribution < 1.29 is 24.5 Å². The van der Waals surface area contributed by atoms with Gasteiger partial charge in [-0.2, -0.15) is 0 Å². The molecule has 0 saturated heterocycles. The molecule has 0 unspecified atom stereocenters. The number of ether oxygens (including phenoxy) is 1. The Bertz CT molecular complexity index is 1430. The summed E-state index contributed by atoms with van der Waals surface area (Å²) in [6.45, 7) is 17.7. The Morgan fingerprint density at radius 2 is 1.55 bits per heavy atom. The smallest absolute Gasteiger partial charge is 0.338 e. The summed E-state index contributed by atoms with van der Waals surface area (Å²) in [5.41, 5.74) is 1.53. The van der Waals surface area contributed by atoms with Crippen LogP contribution in [0.1, 0.15) is 109 Å². The van der Waals surface area contributed by atoms with Crippen LogP contribution < -0.4 is 4.90 Å². The summed E-state index contributed by atoms with van der Waals surface area (Å²) in [6.07, 6.45) is 8.72. The Morgan fingerprint density at radius 1 is 0.878 bits per heavy atom. The topological polar surface area (TPSA) is 87.1 Å². The molecule has 5 fully saturated rings. The molecule has 2 N–H and O–H groups in total. The molecule has 0 heterocycles. The summed E-state index contributed by atoms with van der Waals surface area (Å²) in [4.78, 5) is 28.5. The number of hydrogen-bond acceptors (Lipinski definition) is 5. The number of allylic oxidation sites excluding steroid dienone is 1. The summed E-state index contributed by atoms with van der Waals surface area (Å²) in [6, 6.07) is 7.43. The maximum Gasteiger partial charge on any atom is 0.338 e. The number of rotatable bonds is 10. The van der Waals surface area contributed by atoms with Crippen LogP contribution in [-0.4, -0.2) is 59.7 Å². The van der Waals surface area contributed by atoms with Crippen molar-refractivity contribution in [1.29, 1.82) is 0 Å². The first-order chi connectivity index (χ1) is 23.1. The van der Waals surface area contributed by atoms with E-state index in [1.54, 1.807) is 12.1 Å². The van der Waals surface area contributed by atoms with Crippen LogP contribution in [0.2, 0.25) is 0 Å². The van der Waals surface area contributed by atoms with E-state index in [2.05, 4.69) is 46.1 Å². The van der Waals surface area contributed by atoms with Crippen LogP contribution >= 0.6 is 23.2 Å². The molecule has 8 heteroatoms. The molecule has 5 aliphatic carbocycles. The van der Waals surface area contributed by atoms with Gasteiger partial charge in [0.1, 0.15) is 0 Å². The average Bonchev–Trinajstić information content (AvgIpc) is 3.48. The first kappa shape index (κ1) is 37.0. The highest BCUT2D eigenvalue weighted by Gasteiger charge is 2.72. The molecule has 0 radical (unpaired) electrons. The molecule has 0 spiro atoms. The Morgan fingerprint density at radius 3 is 2.16 bits per heavy atom. The molecule has 1 aromatic rings. The predicted octanol–water partition coefficient (Wildman–Crippen LogP) is 9.21. The van der Waals surface area contributed by atoms with Crippen molar-refractivity contribution in [3.05, 3.63) is 42.0 Å². The van der Waals surface area contributed by atoms with Crippen LogP contribution in [0.5, 0.6) is 0 Å². The summed E-state index contributed by atoms with van der Waals surface area (Å²) in [7, 11) is 0. The summed E-state index contributed by atoms with van der Waals surface area (Å²) in [5.74, 6) is 1.50. The van der Waals surface area contributed by atoms with E-state index in [0.29, 0.717) is 48.7 Å². The number of aliphatic hydroxyl groups excluding tert-OH is 1. The zero-order valence-corrected chi connectivity index (χ0v) is 31.9. The Balaban J connectivity index is 1.23. The molecule has 6 rings (SSSR count). The molecule has 0 aliphatic heterocycles. The SMILES string of the molecule is C=C(C)[C@@H]1CC[C@]2(C(=O)O)CC[C@]3(C)[C@H](CC[C@@H]4[C@@]5(C)CC[C@H](O)[C@@](C)(COC(=O)c6ccc(N(CCCl)CCCl)cc6)[C@@H]5CC[C@]43C)[C@@H]12. The van der Waals surface area contributed by atoms with Gasteiger partial charge in [-0.3, -0.25) is 4.79 Å². The fourth-order valence-electron chi connectivity index (χ4n) is 13.2. The number of benzene rings is 1. The van der Waals surface area contributed by atoms with Gasteiger partial charge in [-0.25, -0.2) is 4.79 Å². The minimum Gasteiger partial charge on any atom is -0.481 e. The van der Waals surface area contributed by atoms with E-state index in [1.165, 1.54) is 0 Å². The molecule has 49 heavy (non-hydrogen) atoms. The normalized spacial score (nSPS) is 42.6. The highest BCUT2D eigenvalue weighted by molar-refractivity contribution is 6.18. The van der Waals surface area contributed by atoms with Crippen molar-refractivity contribution in [2.45, 2.75) is 105 Å². The fourth-order valence-corrected chi connectivity index (χ4v) is 13.6. The number of anilines is 1. The molecule has 0 amide bonds. The zero-order valence-electron chi connectivity index (χ0n) is 30.4. The van der Waals surface area contributed by atoms with E-state index in [4.69, 9.17) is 27.9 Å². The molecule has 6 nitrogen and oxygen atoms in total. The minimum atomic E-state index is -0.621. The molecule has 11 atom stereocenters. The number of fused-ring (bicyclic) bond motifs is 7. The van der Waals surface area contributed by atoms with Gasteiger partial charge < -0.3 is 19.8 Å². The third kappa shape index (κ3) is 5.59. The lowest BCUT2D eigenvalue weighted by Crippen LogP contribution is -2.67. The van der Waals surface area contributed by atoms with Gasteiger partial charge in [0.05, 0.1) is 23.7 Å². The number of carbonyl (C=O) groups is 2. The Hall–Kier alpha value is -1.76. The molecule has 272 valence electrons. The number of carboxylic acids is 1. The summed E-state index contributed by atoms with van der Waals surface area (Å²) >= 11 is 12.0. The van der Waals surface area contributed by atoms with Gasteiger partial charge in [-0.1, -0.05) is 39.8 Å². The summed E-state index contributed by atoms with van der Waals surface area (Å²) in [5, 5.41) is 22.3. The van der Waals surface area contributed by atoms with Crippen LogP contribution in [0.25, 0.3) is 0 Å². The summed E-state index contributed by atoms with van der Waals surface area (Å²) < 4.78 is 6.09. The van der Waals surface area contributed by atoms with Gasteiger partial charge in [0.25, 0.3) is 0 Å². The van der Waals surface area contributed by atoms with Gasteiger partial charge >= 0.3 is 11.9 Å². The van der Waals surface area contributed by atoms with E-state index >= 15 is 0 Å². The third-order valence-corrected chi connectivity index (χ3v) is 16.3. The standard InChI is InChI=1S/C41H59Cl2NO5/c1-26(2)29-13-18-41(36(47)48)20-19-39(5)30(34(29)41)11-12-32-37(3)16-15-33(45)38(4,31(37)14-17-40(32,39)6)25-49-35(46)27-7-9-28(10-8-27)44(23-21-42)24-22-43/h7-10,29-34,45H,1,11-25H2,2-6H3,(H,47,48)/t29-,30+,31+,32+,33-,34+,37-,38-,39+,40+,41-/m0/s1. The van der Waals surface area contributed by atoms with E-state index in [0.717, 1.165) is 69.0 Å². The van der Waals surface area contributed by atoms with Crippen molar-refractivity contribution in [3.8, 4) is 0 Å². The second-order valence-corrected chi connectivity index (χ2v) is 18.5. The largest absolute Gasteiger partial charge is 0.481 e. The number of carboxylic acid groups (broad SMARTS) is 1. The maximum atomic E-state index is 13.4. The molecule has 5 saturated carbocycles. The zero-order chi connectivity index (χ0) is 35.6. The lowest BCUT2D eigenvalue weighted by molar-refractivity contribution is -0.254. The first-order valence-electron chi connectivity index (χ1n) is 18.8. The van der Waals surface area contributed by atoms with E-state index < -0.39 is 22.9 Å². The number of nitrogens with zero attached hydrogens (tertiary/aromatic N) is 1. The van der Waals surface area contributed by atoms with Crippen LogP contribution in [0.4, 0.5) is 5.69 Å². The van der Waals surface area contributed by atoms with Crippen molar-refractivity contribution in [2.75, 3.05) is 36.4 Å². The van der Waals surface area contributed by atoms with Gasteiger partial charge in [0.15, 0.2) is 0 Å². The molecular weight excluding hydrogens is 657 g/mol. The molecular formula is C41H59Cl2NO5. The van der Waals surface area contributed by atoms with Crippen molar-refractivity contribution in [1.82, 2.24) is 0 Å². The Labute approximate surface area is 304 Å². The van der Waals surface area contributed by atoms with E-state index in [-0.39, 0.29) is 46.6 Å². The number of aliphatic carboxylic acids is 1. The second kappa shape index (κ2) is 13.3. The fraction of sp³-hybridized carbons (Fsp3) is 0.756. The minimum absolute atomic E-state index is 0.0118. The molecule has 1 aromatic carbocycles. The van der Waals surface area contributed by atoms with Crippen LogP contribution in [0.15, 0.2) is 36.4 Å². The Kier molecular flexibility index (Phi) is 10.1. The number of carbonyl (C=O) groups excluding carboxylic acids is 1. The number of alkyl halides is 2. The number of aliphatic hydroxyl groups is 1. The predicted molar refractivity (Wildman–Crippen MR) is 197 cm³/mol. The first-order valence-corrected chi connectivity index (χ1v) is 19.9. The number of hydrogen-bond donors (Lipinski definition) is 2. The van der Waals surface area contributed by atoms with Crippen molar-refractivity contribution in [3.63, 3.8) is 0 Å². The average molecular weight is 717 g/mol.